The lowest BCUT2D eigenvalue weighted by Crippen LogP contribution is -1.97. The molecule has 0 radical (unpaired) electrons. The second kappa shape index (κ2) is 14.0. The summed E-state index contributed by atoms with van der Waals surface area (Å²) in [6.07, 6.45) is 9.90. The van der Waals surface area contributed by atoms with Gasteiger partial charge in [0.15, 0.2) is 0 Å². The number of rotatable bonds is 8. The zero-order valence-electron chi connectivity index (χ0n) is 10.1. The molecule has 108 valence electrons. The van der Waals surface area contributed by atoms with Crippen LogP contribution in [0, 0.1) is 11.8 Å². The third kappa shape index (κ3) is 14.0. The molecule has 0 N–H and O–H groups in total. The molecular formula is C15H48. The Balaban J connectivity index is -0.0000000257. The normalized spacial score (nSPS) is 13.6. The van der Waals surface area contributed by atoms with Crippen LogP contribution in [0.3, 0.4) is 0 Å². The van der Waals surface area contributed by atoms with Gasteiger partial charge in [-0.3, -0.25) is 0 Å². The van der Waals surface area contributed by atoms with E-state index in [4.69, 9.17) is 0 Å². The standard InChI is InChI=1S/C13H28.2CH4.6H2/c1-5-7-9-13(4)11-8-10-12(3)6-2;;;;;;;;/h12-13H,5-11H2,1-4H3;2*1H4;6*1H. The molecule has 15 heavy (non-hydrogen) atoms. The van der Waals surface area contributed by atoms with Gasteiger partial charge in [-0.1, -0.05) is 87.5 Å². The minimum atomic E-state index is 0. The summed E-state index contributed by atoms with van der Waals surface area (Å²) < 4.78 is 0. The third-order valence-electron chi connectivity index (χ3n) is 3.14. The minimum absolute atomic E-state index is 0. The van der Waals surface area contributed by atoms with E-state index in [9.17, 15) is 0 Å². The molecule has 0 saturated heterocycles. The molecule has 0 rings (SSSR count). The quantitative estimate of drug-likeness (QED) is 0.398. The number of hydrogen-bond donors (Lipinski definition) is 0. The fourth-order valence-electron chi connectivity index (χ4n) is 1.72. The predicted molar refractivity (Wildman–Crippen MR) is 88.1 cm³/mol. The van der Waals surface area contributed by atoms with E-state index >= 15 is 0 Å². The molecule has 0 bridgehead atoms. The van der Waals surface area contributed by atoms with E-state index < -0.39 is 0 Å². The Labute approximate surface area is 109 Å². The number of unbranched alkanes of at least 4 members (excludes halogenated alkanes) is 1. The predicted octanol–water partition coefficient (Wildman–Crippen LogP) is 7.78. The van der Waals surface area contributed by atoms with Crippen LogP contribution in [-0.4, -0.2) is 0 Å². The van der Waals surface area contributed by atoms with Gasteiger partial charge in [0.25, 0.3) is 0 Å². The molecule has 0 heteroatoms. The second-order valence-corrected chi connectivity index (χ2v) is 4.69. The molecule has 2 atom stereocenters. The Bertz CT molecular complexity index is 114. The molecular weight excluding hydrogens is 180 g/mol. The van der Waals surface area contributed by atoms with Gasteiger partial charge in [-0.25, -0.2) is 0 Å². The van der Waals surface area contributed by atoms with E-state index in [1.54, 1.807) is 0 Å². The lowest BCUT2D eigenvalue weighted by Gasteiger charge is -2.12. The molecule has 0 aliphatic heterocycles. The van der Waals surface area contributed by atoms with Gasteiger partial charge in [-0.15, -0.1) is 0 Å². The molecule has 0 spiro atoms. The Morgan fingerprint density at radius 3 is 1.73 bits per heavy atom. The van der Waals surface area contributed by atoms with Crippen molar-refractivity contribution in [2.45, 2.75) is 87.5 Å². The number of hydrogen-bond acceptors (Lipinski definition) is 0. The summed E-state index contributed by atoms with van der Waals surface area (Å²) in [5.41, 5.74) is 0. The van der Waals surface area contributed by atoms with Gasteiger partial charge in [0.2, 0.25) is 0 Å². The van der Waals surface area contributed by atoms with Gasteiger partial charge in [0.1, 0.15) is 0 Å². The zero-order valence-corrected chi connectivity index (χ0v) is 10.1. The Kier molecular flexibility index (Phi) is 19.1. The van der Waals surface area contributed by atoms with Crippen LogP contribution >= 0.6 is 0 Å². The smallest absolute Gasteiger partial charge is 0 e. The lowest BCUT2D eigenvalue weighted by molar-refractivity contribution is 0.411. The molecule has 0 saturated carbocycles. The maximum absolute atomic E-state index is 2.41. The molecule has 0 aliphatic carbocycles. The van der Waals surface area contributed by atoms with Crippen molar-refractivity contribution in [3.8, 4) is 0 Å². The molecule has 0 aromatic heterocycles. The third-order valence-corrected chi connectivity index (χ3v) is 3.14. The van der Waals surface area contributed by atoms with Crippen molar-refractivity contribution in [2.24, 2.45) is 11.8 Å². The molecule has 0 aliphatic rings. The summed E-state index contributed by atoms with van der Waals surface area (Å²) in [7, 11) is 0. The van der Waals surface area contributed by atoms with Crippen molar-refractivity contribution in [3.05, 3.63) is 0 Å². The van der Waals surface area contributed by atoms with Gasteiger partial charge >= 0.3 is 0 Å². The van der Waals surface area contributed by atoms with Crippen molar-refractivity contribution in [1.29, 1.82) is 0 Å². The average molecular weight is 229 g/mol. The van der Waals surface area contributed by atoms with Gasteiger partial charge in [0, 0.05) is 8.56 Å². The molecule has 0 aromatic rings. The molecule has 0 amide bonds. The van der Waals surface area contributed by atoms with E-state index in [0.717, 1.165) is 11.8 Å². The topological polar surface area (TPSA) is 0 Å². The highest BCUT2D eigenvalue weighted by molar-refractivity contribution is 4.56. The lowest BCUT2D eigenvalue weighted by atomic mass is 9.94. The van der Waals surface area contributed by atoms with Crippen molar-refractivity contribution < 1.29 is 8.56 Å². The van der Waals surface area contributed by atoms with E-state index in [-0.39, 0.29) is 23.4 Å². The minimum Gasteiger partial charge on any atom is -0.0776 e. The largest absolute Gasteiger partial charge is 0.0776 e. The fourth-order valence-corrected chi connectivity index (χ4v) is 1.72. The first kappa shape index (κ1) is 20.4. The highest BCUT2D eigenvalue weighted by atomic mass is 14.1. The molecule has 0 heterocycles. The first-order chi connectivity index (χ1) is 6.20. The maximum Gasteiger partial charge on any atom is 0 e. The van der Waals surface area contributed by atoms with Gasteiger partial charge in [0.05, 0.1) is 0 Å². The maximum atomic E-state index is 2.41. The van der Waals surface area contributed by atoms with Crippen molar-refractivity contribution in [2.75, 3.05) is 0 Å². The molecule has 0 fully saturated rings. The highest BCUT2D eigenvalue weighted by Crippen LogP contribution is 2.18. The molecule has 0 nitrogen and oxygen atoms in total. The van der Waals surface area contributed by atoms with E-state index in [0.29, 0.717) is 0 Å². The second-order valence-electron chi connectivity index (χ2n) is 4.69. The summed E-state index contributed by atoms with van der Waals surface area (Å²) >= 11 is 0. The van der Waals surface area contributed by atoms with Crippen molar-refractivity contribution in [1.82, 2.24) is 0 Å². The highest BCUT2D eigenvalue weighted by Gasteiger charge is 2.03. The van der Waals surface area contributed by atoms with Crippen LogP contribution in [0.15, 0.2) is 0 Å². The Morgan fingerprint density at radius 2 is 1.27 bits per heavy atom. The van der Waals surface area contributed by atoms with E-state index in [1.807, 2.05) is 0 Å². The fraction of sp³-hybridized carbons (Fsp3) is 1.00. The first-order valence-corrected chi connectivity index (χ1v) is 6.20. The SMILES string of the molecule is C.C.CCCCC(C)CCCC(C)CC.[HH].[HH].[HH].[HH].[HH].[HH]. The summed E-state index contributed by atoms with van der Waals surface area (Å²) in [5.74, 6) is 1.90. The first-order valence-electron chi connectivity index (χ1n) is 6.20. The van der Waals surface area contributed by atoms with Crippen LogP contribution in [0.5, 0.6) is 0 Å². The summed E-state index contributed by atoms with van der Waals surface area (Å²) in [6, 6.07) is 0. The molecule has 0 aromatic carbocycles. The van der Waals surface area contributed by atoms with E-state index in [1.165, 1.54) is 44.9 Å². The monoisotopic (exact) mass is 228 g/mol. The van der Waals surface area contributed by atoms with Gasteiger partial charge in [-0.2, -0.15) is 0 Å². The van der Waals surface area contributed by atoms with Crippen LogP contribution < -0.4 is 0 Å². The van der Waals surface area contributed by atoms with Crippen LogP contribution in [0.25, 0.3) is 0 Å². The van der Waals surface area contributed by atoms with Crippen LogP contribution in [0.2, 0.25) is 0 Å². The summed E-state index contributed by atoms with van der Waals surface area (Å²) in [5, 5.41) is 0. The van der Waals surface area contributed by atoms with E-state index in [2.05, 4.69) is 27.7 Å². The van der Waals surface area contributed by atoms with Crippen LogP contribution in [-0.2, 0) is 0 Å². The van der Waals surface area contributed by atoms with Gasteiger partial charge < -0.3 is 0 Å². The summed E-state index contributed by atoms with van der Waals surface area (Å²) in [6.45, 7) is 9.36. The zero-order chi connectivity index (χ0) is 10.1. The van der Waals surface area contributed by atoms with Crippen molar-refractivity contribution in [3.63, 3.8) is 0 Å². The van der Waals surface area contributed by atoms with Gasteiger partial charge in [-0.05, 0) is 11.8 Å². The Morgan fingerprint density at radius 1 is 0.800 bits per heavy atom. The Hall–Kier alpha value is 0. The van der Waals surface area contributed by atoms with Crippen LogP contribution in [0.4, 0.5) is 0 Å². The van der Waals surface area contributed by atoms with Crippen molar-refractivity contribution >= 4 is 0 Å². The van der Waals surface area contributed by atoms with Crippen LogP contribution in [0.1, 0.15) is 96.1 Å². The molecule has 2 unspecified atom stereocenters. The average Bonchev–Trinajstić information content (AvgIpc) is 2.14. The summed E-state index contributed by atoms with van der Waals surface area (Å²) in [4.78, 5) is 0.